The van der Waals surface area contributed by atoms with Gasteiger partial charge in [-0.1, -0.05) is 54.4 Å². The van der Waals surface area contributed by atoms with Crippen LogP contribution in [-0.4, -0.2) is 51.4 Å². The monoisotopic (exact) mass is 571 g/mol. The topological polar surface area (TPSA) is 96.0 Å². The molecule has 1 N–H and O–H groups in total. The number of amides is 2. The Morgan fingerprint density at radius 3 is 2.36 bits per heavy atom. The third-order valence-corrected chi connectivity index (χ3v) is 8.21. The van der Waals surface area contributed by atoms with Crippen LogP contribution in [0, 0.1) is 6.92 Å². The first-order valence-corrected chi connectivity index (χ1v) is 14.4. The number of anilines is 1. The average molecular weight is 572 g/mol. The zero-order valence-electron chi connectivity index (χ0n) is 22.6. The van der Waals surface area contributed by atoms with Crippen molar-refractivity contribution in [3.8, 4) is 5.75 Å². The molecule has 39 heavy (non-hydrogen) atoms. The third kappa shape index (κ3) is 7.74. The van der Waals surface area contributed by atoms with Crippen molar-refractivity contribution < 1.29 is 22.7 Å². The molecule has 3 rings (SSSR count). The van der Waals surface area contributed by atoms with Crippen molar-refractivity contribution in [1.82, 2.24) is 10.2 Å². The molecular weight excluding hydrogens is 538 g/mol. The summed E-state index contributed by atoms with van der Waals surface area (Å²) < 4.78 is 34.0. The lowest BCUT2D eigenvalue weighted by Gasteiger charge is -2.32. The van der Waals surface area contributed by atoms with Crippen LogP contribution >= 0.6 is 11.6 Å². The largest absolute Gasteiger partial charge is 0.497 e. The zero-order chi connectivity index (χ0) is 28.6. The van der Waals surface area contributed by atoms with E-state index in [0.717, 1.165) is 21.9 Å². The maximum absolute atomic E-state index is 13.9. The molecule has 0 heterocycles. The van der Waals surface area contributed by atoms with E-state index in [4.69, 9.17) is 16.3 Å². The molecule has 1 atom stereocenters. The number of hydrogen-bond acceptors (Lipinski definition) is 5. The summed E-state index contributed by atoms with van der Waals surface area (Å²) in [5.41, 5.74) is 1.87. The van der Waals surface area contributed by atoms with Crippen LogP contribution in [0.3, 0.4) is 0 Å². The van der Waals surface area contributed by atoms with Gasteiger partial charge in [0.15, 0.2) is 0 Å². The maximum atomic E-state index is 13.9. The lowest BCUT2D eigenvalue weighted by atomic mass is 10.1. The van der Waals surface area contributed by atoms with Gasteiger partial charge in [-0.25, -0.2) is 8.42 Å². The molecule has 0 unspecified atom stereocenters. The number of benzene rings is 3. The first-order valence-electron chi connectivity index (χ1n) is 12.6. The number of ether oxygens (including phenoxy) is 1. The van der Waals surface area contributed by atoms with Gasteiger partial charge in [-0.3, -0.25) is 13.9 Å². The third-order valence-electron chi connectivity index (χ3n) is 6.19. The van der Waals surface area contributed by atoms with E-state index in [-0.39, 0.29) is 23.0 Å². The number of nitrogens with zero attached hydrogens (tertiary/aromatic N) is 2. The second-order valence-corrected chi connectivity index (χ2v) is 11.4. The molecular formula is C29H34ClN3O5S. The van der Waals surface area contributed by atoms with Crippen LogP contribution < -0.4 is 14.4 Å². The normalized spacial score (nSPS) is 11.9. The van der Waals surface area contributed by atoms with Crippen molar-refractivity contribution in [2.24, 2.45) is 0 Å². The van der Waals surface area contributed by atoms with Crippen molar-refractivity contribution in [2.75, 3.05) is 24.5 Å². The number of nitrogens with one attached hydrogen (secondary N) is 1. The van der Waals surface area contributed by atoms with Crippen molar-refractivity contribution in [2.45, 2.75) is 44.7 Å². The van der Waals surface area contributed by atoms with E-state index in [1.54, 1.807) is 62.6 Å². The summed E-state index contributed by atoms with van der Waals surface area (Å²) in [7, 11) is -2.61. The molecule has 10 heteroatoms. The first-order chi connectivity index (χ1) is 18.6. The fourth-order valence-electron chi connectivity index (χ4n) is 3.94. The minimum Gasteiger partial charge on any atom is -0.497 e. The summed E-state index contributed by atoms with van der Waals surface area (Å²) in [6, 6.07) is 19.0. The SMILES string of the molecule is CCCNC(=O)[C@H](C)N(Cc1cccc(OC)c1)C(=O)CN(c1cccc(Cl)c1)S(=O)(=O)c1ccc(C)cc1. The highest BCUT2D eigenvalue weighted by atomic mass is 35.5. The smallest absolute Gasteiger partial charge is 0.264 e. The van der Waals surface area contributed by atoms with E-state index < -0.39 is 28.5 Å². The Kier molecular flexibility index (Phi) is 10.4. The predicted molar refractivity (Wildman–Crippen MR) is 153 cm³/mol. The number of carbonyl (C=O) groups excluding carboxylic acids is 2. The molecule has 208 valence electrons. The fourth-order valence-corrected chi connectivity index (χ4v) is 5.53. The Balaban J connectivity index is 2.02. The lowest BCUT2D eigenvalue weighted by Crippen LogP contribution is -2.51. The molecule has 0 radical (unpaired) electrons. The molecule has 0 aliphatic rings. The van der Waals surface area contributed by atoms with Gasteiger partial charge < -0.3 is 15.0 Å². The number of halogens is 1. The van der Waals surface area contributed by atoms with Crippen LogP contribution in [0.4, 0.5) is 5.69 Å². The minimum absolute atomic E-state index is 0.0361. The van der Waals surface area contributed by atoms with Gasteiger partial charge in [-0.05, 0) is 68.3 Å². The van der Waals surface area contributed by atoms with Crippen molar-refractivity contribution >= 4 is 39.1 Å². The van der Waals surface area contributed by atoms with Gasteiger partial charge in [0.2, 0.25) is 11.8 Å². The molecule has 0 spiro atoms. The Labute approximate surface area is 235 Å². The summed E-state index contributed by atoms with van der Waals surface area (Å²) in [6.07, 6.45) is 0.736. The summed E-state index contributed by atoms with van der Waals surface area (Å²) >= 11 is 6.20. The van der Waals surface area contributed by atoms with Crippen LogP contribution in [0.5, 0.6) is 5.75 Å². The van der Waals surface area contributed by atoms with Gasteiger partial charge in [-0.15, -0.1) is 0 Å². The molecule has 3 aromatic rings. The number of methoxy groups -OCH3 is 1. The summed E-state index contributed by atoms with van der Waals surface area (Å²) in [6.45, 7) is 5.41. The molecule has 0 bridgehead atoms. The molecule has 0 fully saturated rings. The summed E-state index contributed by atoms with van der Waals surface area (Å²) in [5, 5.41) is 3.15. The molecule has 0 saturated heterocycles. The van der Waals surface area contributed by atoms with Gasteiger partial charge in [-0.2, -0.15) is 0 Å². The Bertz CT molecular complexity index is 1400. The molecule has 2 amide bonds. The Morgan fingerprint density at radius 2 is 1.72 bits per heavy atom. The highest BCUT2D eigenvalue weighted by Gasteiger charge is 2.32. The Hall–Kier alpha value is -3.56. The lowest BCUT2D eigenvalue weighted by molar-refractivity contribution is -0.139. The van der Waals surface area contributed by atoms with Gasteiger partial charge in [0.25, 0.3) is 10.0 Å². The maximum Gasteiger partial charge on any atom is 0.264 e. The number of hydrogen-bond donors (Lipinski definition) is 1. The van der Waals surface area contributed by atoms with Crippen molar-refractivity contribution in [3.05, 3.63) is 88.9 Å². The van der Waals surface area contributed by atoms with E-state index >= 15 is 0 Å². The van der Waals surface area contributed by atoms with Gasteiger partial charge in [0, 0.05) is 18.1 Å². The van der Waals surface area contributed by atoms with Crippen molar-refractivity contribution in [1.29, 1.82) is 0 Å². The number of sulfonamides is 1. The first kappa shape index (κ1) is 30.0. The number of rotatable bonds is 12. The van der Waals surface area contributed by atoms with Crippen LogP contribution in [0.1, 0.15) is 31.4 Å². The molecule has 8 nitrogen and oxygen atoms in total. The summed E-state index contributed by atoms with van der Waals surface area (Å²) in [5.74, 6) is -0.276. The van der Waals surface area contributed by atoms with Gasteiger partial charge >= 0.3 is 0 Å². The fraction of sp³-hybridized carbons (Fsp3) is 0.310. The molecule has 0 aromatic heterocycles. The van der Waals surface area contributed by atoms with Crippen LogP contribution in [0.15, 0.2) is 77.7 Å². The van der Waals surface area contributed by atoms with Gasteiger partial charge in [0.1, 0.15) is 18.3 Å². The number of aryl methyl sites for hydroxylation is 1. The van der Waals surface area contributed by atoms with Crippen LogP contribution in [0.25, 0.3) is 0 Å². The summed E-state index contributed by atoms with van der Waals surface area (Å²) in [4.78, 5) is 28.2. The van der Waals surface area contributed by atoms with E-state index in [9.17, 15) is 18.0 Å². The molecule has 3 aromatic carbocycles. The standard InChI is InChI=1S/C29H34ClN3O5S/c1-5-16-31-29(35)22(3)32(19-23-8-6-11-26(17-23)38-4)28(34)20-33(25-10-7-9-24(30)18-25)39(36,37)27-14-12-21(2)13-15-27/h6-15,17-18,22H,5,16,19-20H2,1-4H3,(H,31,35)/t22-/m0/s1. The highest BCUT2D eigenvalue weighted by Crippen LogP contribution is 2.27. The molecule has 0 aliphatic heterocycles. The second kappa shape index (κ2) is 13.5. The van der Waals surface area contributed by atoms with E-state index in [0.29, 0.717) is 17.3 Å². The predicted octanol–water partition coefficient (Wildman–Crippen LogP) is 4.80. The van der Waals surface area contributed by atoms with Crippen LogP contribution in [-0.2, 0) is 26.2 Å². The Morgan fingerprint density at radius 1 is 1.03 bits per heavy atom. The second-order valence-electron chi connectivity index (χ2n) is 9.14. The van der Waals surface area contributed by atoms with E-state index in [2.05, 4.69) is 5.32 Å². The molecule has 0 aliphatic carbocycles. The highest BCUT2D eigenvalue weighted by molar-refractivity contribution is 7.92. The van der Waals surface area contributed by atoms with Crippen LogP contribution in [0.2, 0.25) is 5.02 Å². The average Bonchev–Trinajstić information content (AvgIpc) is 2.93. The number of carbonyl (C=O) groups is 2. The van der Waals surface area contributed by atoms with E-state index in [1.807, 2.05) is 19.9 Å². The minimum atomic E-state index is -4.15. The van der Waals surface area contributed by atoms with E-state index in [1.165, 1.54) is 23.1 Å². The zero-order valence-corrected chi connectivity index (χ0v) is 24.1. The quantitative estimate of drug-likeness (QED) is 0.337. The van der Waals surface area contributed by atoms with Crippen molar-refractivity contribution in [3.63, 3.8) is 0 Å². The molecule has 0 saturated carbocycles. The van der Waals surface area contributed by atoms with Gasteiger partial charge in [0.05, 0.1) is 17.7 Å².